The summed E-state index contributed by atoms with van der Waals surface area (Å²) in [6, 6.07) is 0. The second-order valence-corrected chi connectivity index (χ2v) is 13.4. The lowest BCUT2D eigenvalue weighted by atomic mass is 9.43. The van der Waals surface area contributed by atoms with Gasteiger partial charge >= 0.3 is 0 Å². The molecule has 0 atom stereocenters. The van der Waals surface area contributed by atoms with Crippen LogP contribution < -0.4 is 0 Å². The van der Waals surface area contributed by atoms with Gasteiger partial charge < -0.3 is 0 Å². The van der Waals surface area contributed by atoms with Crippen LogP contribution in [0.5, 0.6) is 0 Å². The van der Waals surface area contributed by atoms with Gasteiger partial charge in [0.25, 0.3) is 0 Å². The molecule has 5 aliphatic rings. The molecule has 172 valence electrons. The van der Waals surface area contributed by atoms with E-state index >= 15 is 0 Å². The van der Waals surface area contributed by atoms with Crippen LogP contribution in [0.1, 0.15) is 142 Å². The second kappa shape index (κ2) is 9.09. The summed E-state index contributed by atoms with van der Waals surface area (Å²) in [7, 11) is 0. The molecule has 2 spiro atoms. The Bertz CT molecular complexity index is 470. The van der Waals surface area contributed by atoms with Crippen molar-refractivity contribution in [2.45, 2.75) is 142 Å². The van der Waals surface area contributed by atoms with Crippen molar-refractivity contribution in [1.82, 2.24) is 0 Å². The molecule has 0 aliphatic heterocycles. The Morgan fingerprint density at radius 1 is 0.433 bits per heavy atom. The molecule has 0 aromatic heterocycles. The summed E-state index contributed by atoms with van der Waals surface area (Å²) in [4.78, 5) is 0. The topological polar surface area (TPSA) is 0 Å². The highest BCUT2D eigenvalue weighted by atomic mass is 14.6. The Morgan fingerprint density at radius 3 is 1.03 bits per heavy atom. The molecule has 5 rings (SSSR count). The zero-order valence-electron chi connectivity index (χ0n) is 20.6. The first-order valence-electron chi connectivity index (χ1n) is 14.6. The maximum Gasteiger partial charge on any atom is -0.0287 e. The quantitative estimate of drug-likeness (QED) is 0.431. The Labute approximate surface area is 188 Å². The third kappa shape index (κ3) is 4.41. The van der Waals surface area contributed by atoms with Gasteiger partial charge in [-0.3, -0.25) is 0 Å². The van der Waals surface area contributed by atoms with Gasteiger partial charge in [0.1, 0.15) is 0 Å². The predicted octanol–water partition coefficient (Wildman–Crippen LogP) is 9.57. The van der Waals surface area contributed by atoms with Gasteiger partial charge in [0.15, 0.2) is 0 Å². The third-order valence-corrected chi connectivity index (χ3v) is 12.0. The molecule has 5 aliphatic carbocycles. The average Bonchev–Trinajstić information content (AvgIpc) is 2.79. The van der Waals surface area contributed by atoms with E-state index in [0.717, 1.165) is 46.3 Å². The Kier molecular flexibility index (Phi) is 6.62. The Morgan fingerprint density at radius 2 is 0.733 bits per heavy atom. The molecule has 0 heterocycles. The van der Waals surface area contributed by atoms with Crippen molar-refractivity contribution in [1.29, 1.82) is 0 Å². The Balaban J connectivity index is 1.04. The molecular formula is C30H52. The first kappa shape index (κ1) is 21.8. The summed E-state index contributed by atoms with van der Waals surface area (Å²) >= 11 is 0. The van der Waals surface area contributed by atoms with Gasteiger partial charge in [-0.2, -0.15) is 0 Å². The Hall–Kier alpha value is 0. The van der Waals surface area contributed by atoms with Gasteiger partial charge in [0, 0.05) is 0 Å². The summed E-state index contributed by atoms with van der Waals surface area (Å²) in [5, 5.41) is 0. The van der Waals surface area contributed by atoms with Crippen LogP contribution in [0, 0.1) is 46.3 Å². The first-order chi connectivity index (χ1) is 14.6. The first-order valence-corrected chi connectivity index (χ1v) is 14.6. The molecule has 0 N–H and O–H groups in total. The highest BCUT2D eigenvalue weighted by Crippen LogP contribution is 2.67. The maximum absolute atomic E-state index is 2.41. The van der Waals surface area contributed by atoms with Crippen molar-refractivity contribution in [3.63, 3.8) is 0 Å². The summed E-state index contributed by atoms with van der Waals surface area (Å²) in [5.41, 5.74) is 1.65. The molecule has 0 saturated heterocycles. The number of hydrogen-bond acceptors (Lipinski definition) is 0. The van der Waals surface area contributed by atoms with E-state index in [2.05, 4.69) is 13.8 Å². The molecule has 5 fully saturated rings. The van der Waals surface area contributed by atoms with E-state index in [0.29, 0.717) is 0 Å². The van der Waals surface area contributed by atoms with Crippen molar-refractivity contribution >= 4 is 0 Å². The molecular weight excluding hydrogens is 360 g/mol. The van der Waals surface area contributed by atoms with Crippen molar-refractivity contribution in [2.24, 2.45) is 46.3 Å². The van der Waals surface area contributed by atoms with Crippen LogP contribution in [0.2, 0.25) is 0 Å². The lowest BCUT2D eigenvalue weighted by molar-refractivity contribution is -0.109. The molecule has 0 aromatic rings. The van der Waals surface area contributed by atoms with Crippen LogP contribution in [0.25, 0.3) is 0 Å². The summed E-state index contributed by atoms with van der Waals surface area (Å²) in [5.74, 6) is 6.58. The maximum atomic E-state index is 2.41. The van der Waals surface area contributed by atoms with E-state index in [1.807, 2.05) is 0 Å². The van der Waals surface area contributed by atoms with Gasteiger partial charge in [-0.25, -0.2) is 0 Å². The SMILES string of the molecule is CCC1CCC(C2CCC3(CC2)CC2(CCC(C4CCC(CC)CC4)CC2)C3)CC1. The lowest BCUT2D eigenvalue weighted by Crippen LogP contribution is -2.50. The monoisotopic (exact) mass is 412 g/mol. The van der Waals surface area contributed by atoms with Gasteiger partial charge in [0.05, 0.1) is 0 Å². The zero-order chi connectivity index (χ0) is 20.6. The van der Waals surface area contributed by atoms with Crippen LogP contribution in [0.4, 0.5) is 0 Å². The van der Waals surface area contributed by atoms with Gasteiger partial charge in [-0.05, 0) is 136 Å². The lowest BCUT2D eigenvalue weighted by Gasteiger charge is -2.62. The molecule has 30 heavy (non-hydrogen) atoms. The molecule has 0 aromatic carbocycles. The standard InChI is InChI=1S/C30H52/c1-3-23-5-9-25(10-6-23)27-13-17-29(18-14-27)21-30(22-29)19-15-28(16-20-30)26-11-7-24(4-2)8-12-26/h23-28H,3-22H2,1-2H3. The van der Waals surface area contributed by atoms with Gasteiger partial charge in [-0.1, -0.05) is 52.4 Å². The fraction of sp³-hybridized carbons (Fsp3) is 1.00. The highest BCUT2D eigenvalue weighted by Gasteiger charge is 2.56. The second-order valence-electron chi connectivity index (χ2n) is 13.4. The number of rotatable bonds is 4. The average molecular weight is 413 g/mol. The minimum Gasteiger partial charge on any atom is -0.0651 e. The summed E-state index contributed by atoms with van der Waals surface area (Å²) in [6.45, 7) is 4.82. The number of hydrogen-bond donors (Lipinski definition) is 0. The predicted molar refractivity (Wildman–Crippen MR) is 129 cm³/mol. The van der Waals surface area contributed by atoms with Crippen molar-refractivity contribution in [3.05, 3.63) is 0 Å². The molecule has 0 amide bonds. The van der Waals surface area contributed by atoms with E-state index in [1.165, 1.54) is 12.8 Å². The van der Waals surface area contributed by atoms with Crippen LogP contribution >= 0.6 is 0 Å². The summed E-state index contributed by atoms with van der Waals surface area (Å²) in [6.07, 6.45) is 31.5. The van der Waals surface area contributed by atoms with Crippen molar-refractivity contribution in [3.8, 4) is 0 Å². The third-order valence-electron chi connectivity index (χ3n) is 12.0. The van der Waals surface area contributed by atoms with Crippen LogP contribution in [0.3, 0.4) is 0 Å². The highest BCUT2D eigenvalue weighted by molar-refractivity contribution is 5.07. The normalized spacial score (nSPS) is 49.8. The van der Waals surface area contributed by atoms with Crippen LogP contribution in [-0.4, -0.2) is 0 Å². The largest absolute Gasteiger partial charge is 0.0651 e. The molecule has 0 radical (unpaired) electrons. The van der Waals surface area contributed by atoms with Crippen molar-refractivity contribution in [2.75, 3.05) is 0 Å². The van der Waals surface area contributed by atoms with Gasteiger partial charge in [0.2, 0.25) is 0 Å². The van der Waals surface area contributed by atoms with E-state index < -0.39 is 0 Å². The molecule has 0 nitrogen and oxygen atoms in total. The fourth-order valence-electron chi connectivity index (χ4n) is 9.83. The minimum atomic E-state index is 0.823. The van der Waals surface area contributed by atoms with E-state index in [4.69, 9.17) is 0 Å². The minimum absolute atomic E-state index is 0.823. The molecule has 0 bridgehead atoms. The van der Waals surface area contributed by atoms with E-state index in [9.17, 15) is 0 Å². The smallest absolute Gasteiger partial charge is 0.0287 e. The van der Waals surface area contributed by atoms with Gasteiger partial charge in [-0.15, -0.1) is 0 Å². The van der Waals surface area contributed by atoms with E-state index in [-0.39, 0.29) is 0 Å². The van der Waals surface area contributed by atoms with Crippen LogP contribution in [-0.2, 0) is 0 Å². The molecule has 0 heteroatoms. The summed E-state index contributed by atoms with van der Waals surface area (Å²) < 4.78 is 0. The van der Waals surface area contributed by atoms with Crippen LogP contribution in [0.15, 0.2) is 0 Å². The van der Waals surface area contributed by atoms with Crippen molar-refractivity contribution < 1.29 is 0 Å². The fourth-order valence-corrected chi connectivity index (χ4v) is 9.83. The zero-order valence-corrected chi connectivity index (χ0v) is 20.6. The molecule has 5 saturated carbocycles. The van der Waals surface area contributed by atoms with E-state index in [1.54, 1.807) is 116 Å². The molecule has 0 unspecified atom stereocenters.